The Morgan fingerprint density at radius 2 is 2.30 bits per heavy atom. The number of likely N-dealkylation sites (N-methyl/N-ethyl adjacent to an activating group) is 1. The van der Waals surface area contributed by atoms with Crippen molar-refractivity contribution in [1.29, 1.82) is 0 Å². The Labute approximate surface area is 119 Å². The van der Waals surface area contributed by atoms with Crippen molar-refractivity contribution >= 4 is 10.0 Å². The molecule has 7 nitrogen and oxygen atoms in total. The maximum Gasteiger partial charge on any atom is 0.262 e. The summed E-state index contributed by atoms with van der Waals surface area (Å²) in [7, 11) is -0.237. The number of sulfonamides is 1. The average molecular weight is 302 g/mol. The van der Waals surface area contributed by atoms with Crippen molar-refractivity contribution < 1.29 is 13.2 Å². The van der Waals surface area contributed by atoms with Gasteiger partial charge in [0.1, 0.15) is 0 Å². The Bertz CT molecular complexity index is 549. The van der Waals surface area contributed by atoms with Gasteiger partial charge in [0.15, 0.2) is 5.03 Å². The third kappa shape index (κ3) is 3.03. The zero-order valence-corrected chi connectivity index (χ0v) is 13.0. The van der Waals surface area contributed by atoms with Gasteiger partial charge in [-0.3, -0.25) is 5.10 Å². The van der Waals surface area contributed by atoms with Crippen LogP contribution in [0.3, 0.4) is 0 Å². The minimum absolute atomic E-state index is 0.0115. The number of rotatable bonds is 6. The van der Waals surface area contributed by atoms with Crippen LogP contribution in [0.25, 0.3) is 0 Å². The molecule has 1 aromatic heterocycles. The molecule has 0 spiro atoms. The SMILES string of the molecule is CNCc1c(S(=O)(=O)N(C)CC2CCCO2)n[nH]c1C. The minimum Gasteiger partial charge on any atom is -0.377 e. The highest BCUT2D eigenvalue weighted by Gasteiger charge is 2.30. The highest BCUT2D eigenvalue weighted by Crippen LogP contribution is 2.21. The van der Waals surface area contributed by atoms with E-state index < -0.39 is 10.0 Å². The van der Waals surface area contributed by atoms with E-state index in [0.717, 1.165) is 18.5 Å². The average Bonchev–Trinajstić information content (AvgIpc) is 3.01. The highest BCUT2D eigenvalue weighted by molar-refractivity contribution is 7.89. The number of nitrogens with zero attached hydrogens (tertiary/aromatic N) is 2. The van der Waals surface area contributed by atoms with Crippen molar-refractivity contribution in [2.75, 3.05) is 27.2 Å². The van der Waals surface area contributed by atoms with Crippen LogP contribution < -0.4 is 5.32 Å². The molecule has 1 unspecified atom stereocenters. The molecule has 0 aliphatic carbocycles. The zero-order valence-electron chi connectivity index (χ0n) is 12.1. The number of hydrogen-bond donors (Lipinski definition) is 2. The maximum atomic E-state index is 12.6. The van der Waals surface area contributed by atoms with E-state index in [1.54, 1.807) is 14.1 Å². The summed E-state index contributed by atoms with van der Waals surface area (Å²) in [4.78, 5) is 0. The lowest BCUT2D eigenvalue weighted by atomic mass is 10.2. The highest BCUT2D eigenvalue weighted by atomic mass is 32.2. The first-order valence-electron chi connectivity index (χ1n) is 6.73. The minimum atomic E-state index is -3.59. The normalized spacial score (nSPS) is 19.9. The third-order valence-corrected chi connectivity index (χ3v) is 5.32. The van der Waals surface area contributed by atoms with Crippen LogP contribution in [0, 0.1) is 6.92 Å². The van der Waals surface area contributed by atoms with Crippen LogP contribution in [0.15, 0.2) is 5.03 Å². The van der Waals surface area contributed by atoms with Crippen molar-refractivity contribution in [2.24, 2.45) is 0 Å². The quantitative estimate of drug-likeness (QED) is 0.786. The van der Waals surface area contributed by atoms with Gasteiger partial charge in [0.25, 0.3) is 10.0 Å². The third-order valence-electron chi connectivity index (χ3n) is 3.53. The number of hydrogen-bond acceptors (Lipinski definition) is 5. The standard InChI is InChI=1S/C12H22N4O3S/c1-9-11(7-13-2)12(15-14-9)20(17,18)16(3)8-10-5-4-6-19-10/h10,13H,4-8H2,1-3H3,(H,14,15). The Balaban J connectivity index is 2.20. The molecule has 2 heterocycles. The van der Waals surface area contributed by atoms with E-state index in [4.69, 9.17) is 4.74 Å². The van der Waals surface area contributed by atoms with Crippen molar-refractivity contribution in [2.45, 2.75) is 37.4 Å². The van der Waals surface area contributed by atoms with Crippen molar-refractivity contribution in [3.63, 3.8) is 0 Å². The maximum absolute atomic E-state index is 12.6. The molecular weight excluding hydrogens is 280 g/mol. The number of aromatic nitrogens is 2. The van der Waals surface area contributed by atoms with Gasteiger partial charge >= 0.3 is 0 Å². The first-order valence-corrected chi connectivity index (χ1v) is 8.17. The fourth-order valence-electron chi connectivity index (χ4n) is 2.35. The van der Waals surface area contributed by atoms with E-state index in [2.05, 4.69) is 15.5 Å². The van der Waals surface area contributed by atoms with E-state index in [1.165, 1.54) is 4.31 Å². The Morgan fingerprint density at radius 1 is 1.55 bits per heavy atom. The summed E-state index contributed by atoms with van der Waals surface area (Å²) in [6, 6.07) is 0. The molecule has 0 radical (unpaired) electrons. The molecule has 1 aromatic rings. The molecule has 1 aliphatic rings. The summed E-state index contributed by atoms with van der Waals surface area (Å²) in [6.07, 6.45) is 1.89. The lowest BCUT2D eigenvalue weighted by molar-refractivity contribution is 0.0978. The number of nitrogens with one attached hydrogen (secondary N) is 2. The Hall–Kier alpha value is -0.960. The van der Waals surface area contributed by atoms with Crippen LogP contribution in [0.1, 0.15) is 24.1 Å². The monoisotopic (exact) mass is 302 g/mol. The topological polar surface area (TPSA) is 87.3 Å². The van der Waals surface area contributed by atoms with Gasteiger partial charge in [0.2, 0.25) is 0 Å². The molecular formula is C12H22N4O3S. The smallest absolute Gasteiger partial charge is 0.262 e. The van der Waals surface area contributed by atoms with Gasteiger partial charge in [-0.15, -0.1) is 0 Å². The fraction of sp³-hybridized carbons (Fsp3) is 0.750. The fourth-order valence-corrected chi connectivity index (χ4v) is 3.70. The lowest BCUT2D eigenvalue weighted by Crippen LogP contribution is -2.35. The predicted molar refractivity (Wildman–Crippen MR) is 74.9 cm³/mol. The molecule has 1 saturated heterocycles. The molecule has 2 N–H and O–H groups in total. The molecule has 0 aromatic carbocycles. The summed E-state index contributed by atoms with van der Waals surface area (Å²) in [5.41, 5.74) is 1.45. The summed E-state index contributed by atoms with van der Waals surface area (Å²) in [5.74, 6) is 0. The van der Waals surface area contributed by atoms with Gasteiger partial charge in [0.05, 0.1) is 6.10 Å². The van der Waals surface area contributed by atoms with Crippen molar-refractivity contribution in [3.05, 3.63) is 11.3 Å². The molecule has 0 saturated carbocycles. The summed E-state index contributed by atoms with van der Waals surface area (Å²) in [6.45, 7) is 3.36. The molecule has 1 aliphatic heterocycles. The summed E-state index contributed by atoms with van der Waals surface area (Å²) >= 11 is 0. The van der Waals surface area contributed by atoms with Gasteiger partial charge in [-0.2, -0.15) is 9.40 Å². The Morgan fingerprint density at radius 3 is 2.90 bits per heavy atom. The largest absolute Gasteiger partial charge is 0.377 e. The van der Waals surface area contributed by atoms with E-state index in [0.29, 0.717) is 25.3 Å². The molecule has 1 atom stereocenters. The van der Waals surface area contributed by atoms with Crippen LogP contribution in [0.4, 0.5) is 0 Å². The Kier molecular flexibility index (Phi) is 4.79. The number of H-pyrrole nitrogens is 1. The number of aromatic amines is 1. The lowest BCUT2D eigenvalue weighted by Gasteiger charge is -2.20. The van der Waals surface area contributed by atoms with Crippen molar-refractivity contribution in [1.82, 2.24) is 19.8 Å². The molecule has 0 amide bonds. The van der Waals surface area contributed by atoms with Gasteiger partial charge in [-0.25, -0.2) is 8.42 Å². The predicted octanol–water partition coefficient (Wildman–Crippen LogP) is 0.237. The first kappa shape index (κ1) is 15.4. The van der Waals surface area contributed by atoms with Crippen LogP contribution in [0.2, 0.25) is 0 Å². The summed E-state index contributed by atoms with van der Waals surface area (Å²) < 4.78 is 32.0. The summed E-state index contributed by atoms with van der Waals surface area (Å²) in [5, 5.41) is 9.79. The first-order chi connectivity index (χ1) is 9.46. The van der Waals surface area contributed by atoms with Crippen LogP contribution in [-0.2, 0) is 21.3 Å². The molecule has 114 valence electrons. The second-order valence-corrected chi connectivity index (χ2v) is 7.04. The van der Waals surface area contributed by atoms with Gasteiger partial charge in [-0.1, -0.05) is 0 Å². The second kappa shape index (κ2) is 6.21. The van der Waals surface area contributed by atoms with E-state index >= 15 is 0 Å². The van der Waals surface area contributed by atoms with Gasteiger partial charge in [0, 0.05) is 38.0 Å². The van der Waals surface area contributed by atoms with E-state index in [1.807, 2.05) is 6.92 Å². The molecule has 8 heteroatoms. The number of ether oxygens (including phenoxy) is 1. The van der Waals surface area contributed by atoms with Crippen LogP contribution >= 0.6 is 0 Å². The van der Waals surface area contributed by atoms with Crippen molar-refractivity contribution in [3.8, 4) is 0 Å². The second-order valence-electron chi connectivity index (χ2n) is 5.08. The molecule has 0 bridgehead atoms. The van der Waals surface area contributed by atoms with E-state index in [9.17, 15) is 8.42 Å². The van der Waals surface area contributed by atoms with Gasteiger partial charge in [-0.05, 0) is 26.8 Å². The molecule has 2 rings (SSSR count). The molecule has 20 heavy (non-hydrogen) atoms. The zero-order chi connectivity index (χ0) is 14.8. The molecule has 1 fully saturated rings. The number of aryl methyl sites for hydroxylation is 1. The van der Waals surface area contributed by atoms with E-state index in [-0.39, 0.29) is 11.1 Å². The van der Waals surface area contributed by atoms with Gasteiger partial charge < -0.3 is 10.1 Å². The van der Waals surface area contributed by atoms with Crippen LogP contribution in [0.5, 0.6) is 0 Å². The van der Waals surface area contributed by atoms with Crippen LogP contribution in [-0.4, -0.2) is 56.3 Å².